The van der Waals surface area contributed by atoms with Gasteiger partial charge in [-0.05, 0) is 23.6 Å². The molecule has 0 atom stereocenters. The van der Waals surface area contributed by atoms with E-state index in [9.17, 15) is 9.59 Å². The van der Waals surface area contributed by atoms with Gasteiger partial charge in [0, 0.05) is 39.3 Å². The maximum absolute atomic E-state index is 12.4. The largest absolute Gasteiger partial charge is 0.352 e. The molecule has 0 unspecified atom stereocenters. The number of piperazine rings is 1. The molecule has 2 aromatic rings. The van der Waals surface area contributed by atoms with Crippen LogP contribution in [0.1, 0.15) is 23.1 Å². The first-order valence-corrected chi connectivity index (χ1v) is 9.47. The minimum atomic E-state index is -0.213. The molecule has 5 heteroatoms. The summed E-state index contributed by atoms with van der Waals surface area (Å²) < 4.78 is 0. The summed E-state index contributed by atoms with van der Waals surface area (Å²) in [4.78, 5) is 28.7. The molecule has 142 valence electrons. The molecule has 0 aromatic heterocycles. The molecule has 1 N–H and O–H groups in total. The Hall–Kier alpha value is -2.66. The molecule has 3 rings (SSSR count). The molecule has 5 nitrogen and oxygen atoms in total. The van der Waals surface area contributed by atoms with Gasteiger partial charge in [0.05, 0.1) is 0 Å². The van der Waals surface area contributed by atoms with Crippen molar-refractivity contribution in [1.29, 1.82) is 0 Å². The first kappa shape index (κ1) is 19.1. The van der Waals surface area contributed by atoms with E-state index in [1.54, 1.807) is 4.90 Å². The van der Waals surface area contributed by atoms with E-state index < -0.39 is 0 Å². The van der Waals surface area contributed by atoms with Gasteiger partial charge in [-0.3, -0.25) is 14.5 Å². The monoisotopic (exact) mass is 365 g/mol. The Morgan fingerprint density at radius 3 is 2.30 bits per heavy atom. The van der Waals surface area contributed by atoms with E-state index in [1.165, 1.54) is 5.56 Å². The second-order valence-electron chi connectivity index (χ2n) is 7.02. The van der Waals surface area contributed by atoms with Gasteiger partial charge in [-0.2, -0.15) is 0 Å². The second-order valence-corrected chi connectivity index (χ2v) is 7.02. The first-order valence-electron chi connectivity index (χ1n) is 9.47. The number of carbonyl (C=O) groups is 2. The highest BCUT2D eigenvalue weighted by atomic mass is 16.2. The van der Waals surface area contributed by atoms with Gasteiger partial charge in [-0.25, -0.2) is 0 Å². The van der Waals surface area contributed by atoms with Gasteiger partial charge in [0.25, 0.3) is 0 Å². The van der Waals surface area contributed by atoms with Crippen LogP contribution in [0.15, 0.2) is 54.6 Å². The topological polar surface area (TPSA) is 52.7 Å². The molecule has 1 saturated heterocycles. The average molecular weight is 365 g/mol. The lowest BCUT2D eigenvalue weighted by Gasteiger charge is -2.34. The van der Waals surface area contributed by atoms with Crippen molar-refractivity contribution in [2.75, 3.05) is 26.2 Å². The lowest BCUT2D eigenvalue weighted by molar-refractivity contribution is -0.137. The fraction of sp³-hybridized carbons (Fsp3) is 0.364. The third-order valence-electron chi connectivity index (χ3n) is 5.02. The van der Waals surface area contributed by atoms with Gasteiger partial charge in [0.2, 0.25) is 11.8 Å². The molecule has 1 fully saturated rings. The maximum atomic E-state index is 12.4. The standard InChI is InChI=1S/C22H27N3O2/c1-18-7-5-6-10-20(18)16-23-21(26)15-22(27)25-13-11-24(12-14-25)17-19-8-3-2-4-9-19/h2-10H,11-17H2,1H3,(H,23,26). The molecule has 2 amide bonds. The molecule has 27 heavy (non-hydrogen) atoms. The van der Waals surface area contributed by atoms with E-state index >= 15 is 0 Å². The zero-order valence-corrected chi connectivity index (χ0v) is 15.9. The Morgan fingerprint density at radius 2 is 1.59 bits per heavy atom. The Balaban J connectivity index is 1.40. The summed E-state index contributed by atoms with van der Waals surface area (Å²) in [7, 11) is 0. The van der Waals surface area contributed by atoms with Crippen molar-refractivity contribution in [2.24, 2.45) is 0 Å². The van der Waals surface area contributed by atoms with Crippen LogP contribution in [0.4, 0.5) is 0 Å². The van der Waals surface area contributed by atoms with Crippen LogP contribution >= 0.6 is 0 Å². The zero-order valence-electron chi connectivity index (χ0n) is 15.9. The van der Waals surface area contributed by atoms with Crippen LogP contribution in [-0.4, -0.2) is 47.8 Å². The molecule has 0 saturated carbocycles. The number of rotatable bonds is 6. The fourth-order valence-electron chi connectivity index (χ4n) is 3.31. The number of nitrogens with one attached hydrogen (secondary N) is 1. The number of amides is 2. The molecule has 0 spiro atoms. The number of benzene rings is 2. The Kier molecular flexibility index (Phi) is 6.60. The summed E-state index contributed by atoms with van der Waals surface area (Å²) >= 11 is 0. The normalized spacial score (nSPS) is 14.8. The molecule has 0 bridgehead atoms. The predicted molar refractivity (Wildman–Crippen MR) is 106 cm³/mol. The number of nitrogens with zero attached hydrogens (tertiary/aromatic N) is 2. The fourth-order valence-corrected chi connectivity index (χ4v) is 3.31. The number of aryl methyl sites for hydroxylation is 1. The molecule has 1 aliphatic heterocycles. The molecular formula is C22H27N3O2. The molecule has 0 radical (unpaired) electrons. The Labute approximate surface area is 161 Å². The summed E-state index contributed by atoms with van der Waals surface area (Å²) in [5.74, 6) is -0.299. The first-order chi connectivity index (χ1) is 13.1. The lowest BCUT2D eigenvalue weighted by Crippen LogP contribution is -2.49. The van der Waals surface area contributed by atoms with Crippen LogP contribution in [0.3, 0.4) is 0 Å². The van der Waals surface area contributed by atoms with Crippen molar-refractivity contribution >= 4 is 11.8 Å². The van der Waals surface area contributed by atoms with Gasteiger partial charge >= 0.3 is 0 Å². The second kappa shape index (κ2) is 9.33. The molecule has 2 aromatic carbocycles. The average Bonchev–Trinajstić information content (AvgIpc) is 2.69. The Morgan fingerprint density at radius 1 is 0.926 bits per heavy atom. The predicted octanol–water partition coefficient (Wildman–Crippen LogP) is 2.35. The van der Waals surface area contributed by atoms with E-state index in [-0.39, 0.29) is 18.2 Å². The molecule has 1 aliphatic rings. The summed E-state index contributed by atoms with van der Waals surface area (Å²) in [6, 6.07) is 18.3. The summed E-state index contributed by atoms with van der Waals surface area (Å²) in [5.41, 5.74) is 3.50. The quantitative estimate of drug-likeness (QED) is 0.800. The minimum Gasteiger partial charge on any atom is -0.352 e. The van der Waals surface area contributed by atoms with Gasteiger partial charge < -0.3 is 10.2 Å². The number of carbonyl (C=O) groups excluding carboxylic acids is 2. The molecular weight excluding hydrogens is 338 g/mol. The van der Waals surface area contributed by atoms with Gasteiger partial charge in [0.15, 0.2) is 0 Å². The summed E-state index contributed by atoms with van der Waals surface area (Å²) in [6.45, 7) is 6.41. The highest BCUT2D eigenvalue weighted by molar-refractivity contribution is 5.96. The third kappa shape index (κ3) is 5.66. The summed E-state index contributed by atoms with van der Waals surface area (Å²) in [6.07, 6.45) is -0.0788. The minimum absolute atomic E-state index is 0.0788. The van der Waals surface area contributed by atoms with Crippen molar-refractivity contribution in [2.45, 2.75) is 26.4 Å². The summed E-state index contributed by atoms with van der Waals surface area (Å²) in [5, 5.41) is 2.85. The van der Waals surface area contributed by atoms with E-state index in [1.807, 2.05) is 49.4 Å². The Bertz CT molecular complexity index is 768. The van der Waals surface area contributed by atoms with Crippen LogP contribution in [0.5, 0.6) is 0 Å². The third-order valence-corrected chi connectivity index (χ3v) is 5.02. The maximum Gasteiger partial charge on any atom is 0.232 e. The smallest absolute Gasteiger partial charge is 0.232 e. The van der Waals surface area contributed by atoms with Gasteiger partial charge in [0.1, 0.15) is 6.42 Å². The van der Waals surface area contributed by atoms with Crippen LogP contribution in [0.25, 0.3) is 0 Å². The van der Waals surface area contributed by atoms with E-state index in [4.69, 9.17) is 0 Å². The molecule has 0 aliphatic carbocycles. The van der Waals surface area contributed by atoms with Crippen molar-refractivity contribution in [3.05, 3.63) is 71.3 Å². The lowest BCUT2D eigenvalue weighted by atomic mass is 10.1. The number of hydrogen-bond acceptors (Lipinski definition) is 3. The van der Waals surface area contributed by atoms with Crippen molar-refractivity contribution in [3.63, 3.8) is 0 Å². The molecule has 1 heterocycles. The van der Waals surface area contributed by atoms with E-state index in [2.05, 4.69) is 22.3 Å². The van der Waals surface area contributed by atoms with E-state index in [0.717, 1.165) is 30.8 Å². The van der Waals surface area contributed by atoms with Crippen molar-refractivity contribution in [1.82, 2.24) is 15.1 Å². The van der Waals surface area contributed by atoms with E-state index in [0.29, 0.717) is 19.6 Å². The van der Waals surface area contributed by atoms with Crippen LogP contribution < -0.4 is 5.32 Å². The van der Waals surface area contributed by atoms with Crippen molar-refractivity contribution in [3.8, 4) is 0 Å². The number of hydrogen-bond donors (Lipinski definition) is 1. The van der Waals surface area contributed by atoms with Crippen molar-refractivity contribution < 1.29 is 9.59 Å². The van der Waals surface area contributed by atoms with Crippen LogP contribution in [0.2, 0.25) is 0 Å². The highest BCUT2D eigenvalue weighted by Gasteiger charge is 2.22. The SMILES string of the molecule is Cc1ccccc1CNC(=O)CC(=O)N1CCN(Cc2ccccc2)CC1. The highest BCUT2D eigenvalue weighted by Crippen LogP contribution is 2.10. The van der Waals surface area contributed by atoms with Gasteiger partial charge in [-0.15, -0.1) is 0 Å². The zero-order chi connectivity index (χ0) is 19.1. The van der Waals surface area contributed by atoms with Crippen LogP contribution in [-0.2, 0) is 22.7 Å². The van der Waals surface area contributed by atoms with Crippen LogP contribution in [0, 0.1) is 6.92 Å². The van der Waals surface area contributed by atoms with Gasteiger partial charge in [-0.1, -0.05) is 54.6 Å².